The van der Waals surface area contributed by atoms with Crippen LogP contribution in [-0.4, -0.2) is 42.2 Å². The van der Waals surface area contributed by atoms with E-state index in [2.05, 4.69) is 10.6 Å². The molecule has 1 aromatic rings. The van der Waals surface area contributed by atoms with Crippen molar-refractivity contribution in [3.8, 4) is 5.75 Å². The van der Waals surface area contributed by atoms with Gasteiger partial charge in [-0.15, -0.1) is 0 Å². The first-order valence-electron chi connectivity index (χ1n) is 7.05. The van der Waals surface area contributed by atoms with E-state index >= 15 is 0 Å². The zero-order valence-corrected chi connectivity index (χ0v) is 12.8. The molecule has 0 radical (unpaired) electrons. The molecule has 8 nitrogen and oxygen atoms in total. The van der Waals surface area contributed by atoms with Crippen LogP contribution in [0.2, 0.25) is 0 Å². The molecule has 8 heteroatoms. The van der Waals surface area contributed by atoms with Crippen molar-refractivity contribution in [2.45, 2.75) is 32.0 Å². The summed E-state index contributed by atoms with van der Waals surface area (Å²) >= 11 is 0. The van der Waals surface area contributed by atoms with Crippen LogP contribution in [-0.2, 0) is 19.1 Å². The predicted octanol–water partition coefficient (Wildman–Crippen LogP) is 1.22. The monoisotopic (exact) mass is 322 g/mol. The molecule has 124 valence electrons. The molecule has 0 bridgehead atoms. The summed E-state index contributed by atoms with van der Waals surface area (Å²) in [5.41, 5.74) is 0.871. The van der Waals surface area contributed by atoms with Crippen LogP contribution < -0.4 is 15.4 Å². The molecule has 0 saturated carbocycles. The molecule has 1 aromatic carbocycles. The zero-order chi connectivity index (χ0) is 17.0. The number of hydrogen-bond acceptors (Lipinski definition) is 5. The number of anilines is 2. The van der Waals surface area contributed by atoms with Gasteiger partial charge in [0.15, 0.2) is 6.10 Å². The molecule has 1 saturated heterocycles. The molecule has 1 heterocycles. The number of carbonyl (C=O) groups excluding carboxylic acids is 2. The second-order valence-electron chi connectivity index (χ2n) is 5.11. The van der Waals surface area contributed by atoms with Crippen molar-refractivity contribution < 1.29 is 29.0 Å². The molecule has 1 aliphatic heterocycles. The highest BCUT2D eigenvalue weighted by Crippen LogP contribution is 2.29. The van der Waals surface area contributed by atoms with Crippen LogP contribution >= 0.6 is 0 Å². The van der Waals surface area contributed by atoms with Gasteiger partial charge in [0.25, 0.3) is 5.91 Å². The van der Waals surface area contributed by atoms with Crippen LogP contribution in [0.15, 0.2) is 18.2 Å². The molecule has 23 heavy (non-hydrogen) atoms. The fraction of sp³-hybridized carbons (Fsp3) is 0.400. The van der Waals surface area contributed by atoms with E-state index in [1.807, 2.05) is 0 Å². The fourth-order valence-corrected chi connectivity index (χ4v) is 2.31. The van der Waals surface area contributed by atoms with E-state index in [0.717, 1.165) is 0 Å². The van der Waals surface area contributed by atoms with Gasteiger partial charge in [0, 0.05) is 12.6 Å². The highest BCUT2D eigenvalue weighted by atomic mass is 16.5. The van der Waals surface area contributed by atoms with Crippen LogP contribution in [0.4, 0.5) is 11.4 Å². The summed E-state index contributed by atoms with van der Waals surface area (Å²) < 4.78 is 10.4. The van der Waals surface area contributed by atoms with Crippen molar-refractivity contribution in [3.63, 3.8) is 0 Å². The zero-order valence-electron chi connectivity index (χ0n) is 12.8. The molecule has 2 amide bonds. The number of nitrogens with one attached hydrogen (secondary N) is 2. The number of hydrogen-bond donors (Lipinski definition) is 3. The number of methoxy groups -OCH3 is 1. The van der Waals surface area contributed by atoms with Gasteiger partial charge in [-0.2, -0.15) is 0 Å². The standard InChI is InChI=1S/C15H18N2O6/c1-8(18)16-9-3-4-11(22-2)10(7-9)17-14(19)12-5-6-13(23-12)15(20)21/h3-4,7,12-13H,5-6H2,1-2H3,(H,16,18)(H,17,19)(H,20,21)/t12-,13+/m0/s1. The van der Waals surface area contributed by atoms with Gasteiger partial charge in [0.05, 0.1) is 12.8 Å². The van der Waals surface area contributed by atoms with Crippen molar-refractivity contribution in [2.24, 2.45) is 0 Å². The highest BCUT2D eigenvalue weighted by Gasteiger charge is 2.35. The molecule has 2 rings (SSSR count). The maximum atomic E-state index is 12.2. The number of amides is 2. The van der Waals surface area contributed by atoms with Crippen molar-refractivity contribution in [1.29, 1.82) is 0 Å². The third kappa shape index (κ3) is 4.19. The van der Waals surface area contributed by atoms with Gasteiger partial charge in [0.2, 0.25) is 5.91 Å². The average Bonchev–Trinajstić information content (AvgIpc) is 2.97. The van der Waals surface area contributed by atoms with E-state index in [4.69, 9.17) is 14.6 Å². The Bertz CT molecular complexity index is 630. The third-order valence-corrected chi connectivity index (χ3v) is 3.37. The highest BCUT2D eigenvalue weighted by molar-refractivity contribution is 5.97. The van der Waals surface area contributed by atoms with Gasteiger partial charge in [-0.25, -0.2) is 4.79 Å². The minimum absolute atomic E-state index is 0.240. The Kier molecular flexibility index (Phi) is 5.17. The van der Waals surface area contributed by atoms with Crippen molar-refractivity contribution >= 4 is 29.2 Å². The van der Waals surface area contributed by atoms with Crippen molar-refractivity contribution in [2.75, 3.05) is 17.7 Å². The summed E-state index contributed by atoms with van der Waals surface area (Å²) in [5, 5.41) is 14.1. The molecule has 1 fully saturated rings. The first-order chi connectivity index (χ1) is 10.9. The Morgan fingerprint density at radius 2 is 1.91 bits per heavy atom. The molecule has 0 unspecified atom stereocenters. The Morgan fingerprint density at radius 1 is 1.22 bits per heavy atom. The van der Waals surface area contributed by atoms with Crippen LogP contribution in [0.3, 0.4) is 0 Å². The number of carboxylic acids is 1. The lowest BCUT2D eigenvalue weighted by Gasteiger charge is -2.15. The number of ether oxygens (including phenoxy) is 2. The topological polar surface area (TPSA) is 114 Å². The number of benzene rings is 1. The smallest absolute Gasteiger partial charge is 0.332 e. The minimum Gasteiger partial charge on any atom is -0.495 e. The Labute approximate surface area is 132 Å². The van der Waals surface area contributed by atoms with E-state index in [1.165, 1.54) is 14.0 Å². The lowest BCUT2D eigenvalue weighted by atomic mass is 10.2. The number of carbonyl (C=O) groups is 3. The van der Waals surface area contributed by atoms with Crippen molar-refractivity contribution in [1.82, 2.24) is 0 Å². The summed E-state index contributed by atoms with van der Waals surface area (Å²) in [6.07, 6.45) is -1.17. The number of carboxylic acid groups (broad SMARTS) is 1. The van der Waals surface area contributed by atoms with Gasteiger partial charge < -0.3 is 25.2 Å². The van der Waals surface area contributed by atoms with Crippen molar-refractivity contribution in [3.05, 3.63) is 18.2 Å². The van der Waals surface area contributed by atoms with Gasteiger partial charge in [-0.05, 0) is 31.0 Å². The molecule has 0 spiro atoms. The van der Waals surface area contributed by atoms with Crippen LogP contribution in [0.25, 0.3) is 0 Å². The van der Waals surface area contributed by atoms with E-state index in [-0.39, 0.29) is 12.3 Å². The van der Waals surface area contributed by atoms with Gasteiger partial charge in [-0.3, -0.25) is 9.59 Å². The maximum absolute atomic E-state index is 12.2. The molecular formula is C15H18N2O6. The molecule has 0 aromatic heterocycles. The lowest BCUT2D eigenvalue weighted by Crippen LogP contribution is -2.30. The average molecular weight is 322 g/mol. The van der Waals surface area contributed by atoms with E-state index in [1.54, 1.807) is 18.2 Å². The molecule has 3 N–H and O–H groups in total. The first-order valence-corrected chi connectivity index (χ1v) is 7.05. The Hall–Kier alpha value is -2.61. The SMILES string of the molecule is COc1ccc(NC(C)=O)cc1NC(=O)[C@@H]1CC[C@H](C(=O)O)O1. The molecule has 2 atom stereocenters. The summed E-state index contributed by atoms with van der Waals surface area (Å²) in [4.78, 5) is 34.2. The second-order valence-corrected chi connectivity index (χ2v) is 5.11. The largest absolute Gasteiger partial charge is 0.495 e. The van der Waals surface area contributed by atoms with Crippen LogP contribution in [0.1, 0.15) is 19.8 Å². The maximum Gasteiger partial charge on any atom is 0.332 e. The fourth-order valence-electron chi connectivity index (χ4n) is 2.31. The summed E-state index contributed by atoms with van der Waals surface area (Å²) in [5.74, 6) is -1.35. The van der Waals surface area contributed by atoms with Gasteiger partial charge in [-0.1, -0.05) is 0 Å². The molecule has 0 aliphatic carbocycles. The van der Waals surface area contributed by atoms with E-state index < -0.39 is 24.1 Å². The Balaban J connectivity index is 2.10. The Morgan fingerprint density at radius 3 is 2.48 bits per heavy atom. The number of rotatable bonds is 5. The second kappa shape index (κ2) is 7.10. The first kappa shape index (κ1) is 16.8. The normalized spacial score (nSPS) is 19.9. The summed E-state index contributed by atoms with van der Waals surface area (Å²) in [7, 11) is 1.45. The summed E-state index contributed by atoms with van der Waals surface area (Å²) in [6.45, 7) is 1.38. The summed E-state index contributed by atoms with van der Waals surface area (Å²) in [6, 6.07) is 4.81. The molecule has 1 aliphatic rings. The number of aliphatic carboxylic acids is 1. The van der Waals surface area contributed by atoms with Crippen LogP contribution in [0.5, 0.6) is 5.75 Å². The van der Waals surface area contributed by atoms with E-state index in [0.29, 0.717) is 23.5 Å². The van der Waals surface area contributed by atoms with Gasteiger partial charge in [0.1, 0.15) is 11.9 Å². The minimum atomic E-state index is -1.08. The third-order valence-electron chi connectivity index (χ3n) is 3.37. The quantitative estimate of drug-likeness (QED) is 0.751. The molecular weight excluding hydrogens is 304 g/mol. The predicted molar refractivity (Wildman–Crippen MR) is 81.5 cm³/mol. The van der Waals surface area contributed by atoms with E-state index in [9.17, 15) is 14.4 Å². The lowest BCUT2D eigenvalue weighted by molar-refractivity contribution is -0.150. The van der Waals surface area contributed by atoms with Crippen LogP contribution in [0, 0.1) is 0 Å². The van der Waals surface area contributed by atoms with Gasteiger partial charge >= 0.3 is 5.97 Å².